The molecule has 4 nitrogen and oxygen atoms in total. The van der Waals surface area contributed by atoms with Gasteiger partial charge in [0.25, 0.3) is 0 Å². The van der Waals surface area contributed by atoms with E-state index >= 15 is 0 Å². The summed E-state index contributed by atoms with van der Waals surface area (Å²) in [5.74, 6) is -1.03. The molecule has 0 aromatic heterocycles. The summed E-state index contributed by atoms with van der Waals surface area (Å²) < 4.78 is 0. The van der Waals surface area contributed by atoms with Gasteiger partial charge in [-0.1, -0.05) is 24.3 Å². The third-order valence-electron chi connectivity index (χ3n) is 3.27. The molecule has 0 bridgehead atoms. The first kappa shape index (κ1) is 14.2. The van der Waals surface area contributed by atoms with E-state index in [0.717, 1.165) is 5.56 Å². The summed E-state index contributed by atoms with van der Waals surface area (Å²) in [5, 5.41) is 9.56. The van der Waals surface area contributed by atoms with Gasteiger partial charge in [-0.05, 0) is 38.8 Å². The van der Waals surface area contributed by atoms with Crippen molar-refractivity contribution in [2.75, 3.05) is 0 Å². The second kappa shape index (κ2) is 5.21. The van der Waals surface area contributed by atoms with E-state index in [1.54, 1.807) is 32.9 Å². The van der Waals surface area contributed by atoms with Crippen LogP contribution in [0.5, 0.6) is 0 Å². The first-order valence-electron chi connectivity index (χ1n) is 5.89. The zero-order valence-electron chi connectivity index (χ0n) is 11.2. The normalized spacial score (nSPS) is 14.1. The Bertz CT molecular complexity index is 456. The molecule has 1 aromatic rings. The maximum atomic E-state index is 11.7. The lowest BCUT2D eigenvalue weighted by Gasteiger charge is -2.39. The van der Waals surface area contributed by atoms with Crippen LogP contribution in [0.25, 0.3) is 0 Å². The van der Waals surface area contributed by atoms with E-state index in [9.17, 15) is 14.7 Å². The smallest absolute Gasteiger partial charge is 0.334 e. The molecule has 1 aromatic carbocycles. The molecule has 1 amide bonds. The minimum Gasteiger partial charge on any atom is -0.479 e. The Morgan fingerprint density at radius 3 is 2.33 bits per heavy atom. The third-order valence-corrected chi connectivity index (χ3v) is 3.27. The Hall–Kier alpha value is -1.84. The molecule has 0 saturated carbocycles. The predicted octanol–water partition coefficient (Wildman–Crippen LogP) is 2.16. The summed E-state index contributed by atoms with van der Waals surface area (Å²) >= 11 is 0. The number of carboxylic acid groups (broad SMARTS) is 1. The maximum Gasteiger partial charge on any atom is 0.334 e. The van der Waals surface area contributed by atoms with Crippen LogP contribution < -0.4 is 0 Å². The fraction of sp³-hybridized carbons (Fsp3) is 0.429. The van der Waals surface area contributed by atoms with Crippen molar-refractivity contribution in [2.24, 2.45) is 0 Å². The Morgan fingerprint density at radius 1 is 1.39 bits per heavy atom. The lowest BCUT2D eigenvalue weighted by molar-refractivity contribution is -0.156. The van der Waals surface area contributed by atoms with Gasteiger partial charge in [0.15, 0.2) is 5.54 Å². The molecule has 18 heavy (non-hydrogen) atoms. The minimum absolute atomic E-state index is 0.191. The molecular formula is C14H19NO3. The van der Waals surface area contributed by atoms with E-state index in [-0.39, 0.29) is 6.04 Å². The van der Waals surface area contributed by atoms with Crippen molar-refractivity contribution >= 4 is 12.4 Å². The first-order valence-corrected chi connectivity index (χ1v) is 5.89. The van der Waals surface area contributed by atoms with E-state index in [2.05, 4.69) is 0 Å². The van der Waals surface area contributed by atoms with Gasteiger partial charge in [0, 0.05) is 6.04 Å². The van der Waals surface area contributed by atoms with Crippen LogP contribution >= 0.6 is 0 Å². The highest BCUT2D eigenvalue weighted by Crippen LogP contribution is 2.31. The largest absolute Gasteiger partial charge is 0.479 e. The predicted molar refractivity (Wildman–Crippen MR) is 69.2 cm³/mol. The van der Waals surface area contributed by atoms with Crippen molar-refractivity contribution in [3.8, 4) is 0 Å². The molecule has 0 heterocycles. The second-order valence-corrected chi connectivity index (χ2v) is 4.80. The number of carbonyl (C=O) groups excluding carboxylic acids is 1. The average Bonchev–Trinajstić information content (AvgIpc) is 2.29. The molecule has 0 spiro atoms. The summed E-state index contributed by atoms with van der Waals surface area (Å²) in [7, 11) is 0. The number of carboxylic acids is 1. The number of aryl methyl sites for hydroxylation is 1. The van der Waals surface area contributed by atoms with Gasteiger partial charge in [0.1, 0.15) is 0 Å². The monoisotopic (exact) mass is 249 g/mol. The number of hydrogen-bond acceptors (Lipinski definition) is 2. The Balaban J connectivity index is 3.45. The molecule has 4 heteroatoms. The highest BCUT2D eigenvalue weighted by atomic mass is 16.4. The van der Waals surface area contributed by atoms with E-state index in [4.69, 9.17) is 0 Å². The average molecular weight is 249 g/mol. The number of nitrogens with zero attached hydrogens (tertiary/aromatic N) is 1. The number of carbonyl (C=O) groups is 2. The number of aliphatic carboxylic acids is 1. The van der Waals surface area contributed by atoms with Crippen LogP contribution in [0.1, 0.15) is 31.9 Å². The van der Waals surface area contributed by atoms with Crippen molar-refractivity contribution < 1.29 is 14.7 Å². The molecule has 1 unspecified atom stereocenters. The Morgan fingerprint density at radius 2 is 1.94 bits per heavy atom. The first-order chi connectivity index (χ1) is 8.35. The highest BCUT2D eigenvalue weighted by molar-refractivity contribution is 5.83. The lowest BCUT2D eigenvalue weighted by Crippen LogP contribution is -2.52. The molecule has 0 aliphatic rings. The van der Waals surface area contributed by atoms with Crippen LogP contribution in [0, 0.1) is 6.92 Å². The van der Waals surface area contributed by atoms with Gasteiger partial charge < -0.3 is 10.0 Å². The molecule has 0 fully saturated rings. The van der Waals surface area contributed by atoms with Gasteiger partial charge in [0.2, 0.25) is 6.41 Å². The van der Waals surface area contributed by atoms with Gasteiger partial charge in [-0.3, -0.25) is 4.79 Å². The fourth-order valence-corrected chi connectivity index (χ4v) is 2.23. The molecule has 98 valence electrons. The second-order valence-electron chi connectivity index (χ2n) is 4.80. The topological polar surface area (TPSA) is 57.6 Å². The SMILES string of the molecule is Cc1ccccc1C(C)(C(=O)O)N(C=O)C(C)C. The number of hydrogen-bond donors (Lipinski definition) is 1. The van der Waals surface area contributed by atoms with Crippen LogP contribution in [0.3, 0.4) is 0 Å². The quantitative estimate of drug-likeness (QED) is 0.813. The van der Waals surface area contributed by atoms with E-state index < -0.39 is 11.5 Å². The molecule has 0 aliphatic heterocycles. The van der Waals surface area contributed by atoms with Crippen LogP contribution in [0.2, 0.25) is 0 Å². The van der Waals surface area contributed by atoms with E-state index in [0.29, 0.717) is 12.0 Å². The van der Waals surface area contributed by atoms with Crippen molar-refractivity contribution in [3.05, 3.63) is 35.4 Å². The third kappa shape index (κ3) is 2.23. The fourth-order valence-electron chi connectivity index (χ4n) is 2.23. The van der Waals surface area contributed by atoms with Crippen molar-refractivity contribution in [3.63, 3.8) is 0 Å². The maximum absolute atomic E-state index is 11.7. The summed E-state index contributed by atoms with van der Waals surface area (Å²) in [6.07, 6.45) is 0.602. The Kier molecular flexibility index (Phi) is 4.11. The number of amides is 1. The number of benzene rings is 1. The van der Waals surface area contributed by atoms with E-state index in [1.807, 2.05) is 19.1 Å². The standard InChI is InChI=1S/C14H19NO3/c1-10(2)15(9-16)14(4,13(17)18)12-8-6-5-7-11(12)3/h5-10H,1-4H3,(H,17,18). The molecular weight excluding hydrogens is 230 g/mol. The van der Waals surface area contributed by atoms with Crippen molar-refractivity contribution in [2.45, 2.75) is 39.3 Å². The number of rotatable bonds is 5. The van der Waals surface area contributed by atoms with Crippen LogP contribution in [0.4, 0.5) is 0 Å². The molecule has 1 N–H and O–H groups in total. The van der Waals surface area contributed by atoms with Gasteiger partial charge in [-0.2, -0.15) is 0 Å². The zero-order chi connectivity index (χ0) is 13.9. The summed E-state index contributed by atoms with van der Waals surface area (Å²) in [6, 6.07) is 7.04. The Labute approximate surface area is 107 Å². The lowest BCUT2D eigenvalue weighted by atomic mass is 9.86. The highest BCUT2D eigenvalue weighted by Gasteiger charge is 2.43. The van der Waals surface area contributed by atoms with E-state index in [1.165, 1.54) is 4.90 Å². The van der Waals surface area contributed by atoms with Crippen molar-refractivity contribution in [1.29, 1.82) is 0 Å². The summed E-state index contributed by atoms with van der Waals surface area (Å²) in [4.78, 5) is 24.3. The summed E-state index contributed by atoms with van der Waals surface area (Å²) in [6.45, 7) is 7.01. The van der Waals surface area contributed by atoms with Crippen LogP contribution in [-0.2, 0) is 15.1 Å². The van der Waals surface area contributed by atoms with Crippen LogP contribution in [0.15, 0.2) is 24.3 Å². The van der Waals surface area contributed by atoms with Gasteiger partial charge in [0.05, 0.1) is 0 Å². The molecule has 0 saturated heterocycles. The zero-order valence-corrected chi connectivity index (χ0v) is 11.2. The molecule has 0 radical (unpaired) electrons. The summed E-state index contributed by atoms with van der Waals surface area (Å²) in [5.41, 5.74) is 0.148. The van der Waals surface area contributed by atoms with Gasteiger partial charge >= 0.3 is 5.97 Å². The van der Waals surface area contributed by atoms with Gasteiger partial charge in [-0.15, -0.1) is 0 Å². The minimum atomic E-state index is -1.35. The molecule has 1 rings (SSSR count). The van der Waals surface area contributed by atoms with Crippen molar-refractivity contribution in [1.82, 2.24) is 4.90 Å². The molecule has 0 aliphatic carbocycles. The molecule has 1 atom stereocenters. The van der Waals surface area contributed by atoms with Crippen LogP contribution in [-0.4, -0.2) is 28.4 Å². The van der Waals surface area contributed by atoms with Gasteiger partial charge in [-0.25, -0.2) is 4.79 Å².